The van der Waals surface area contributed by atoms with Crippen molar-refractivity contribution in [3.05, 3.63) is 98.7 Å². The predicted molar refractivity (Wildman–Crippen MR) is 86.5 cm³/mol. The van der Waals surface area contributed by atoms with Gasteiger partial charge in [0.25, 0.3) is 5.69 Å². The van der Waals surface area contributed by atoms with Crippen LogP contribution >= 0.6 is 0 Å². The summed E-state index contributed by atoms with van der Waals surface area (Å²) in [5.41, 5.74) is 1.64. The van der Waals surface area contributed by atoms with Crippen molar-refractivity contribution in [3.8, 4) is 0 Å². The van der Waals surface area contributed by atoms with Crippen molar-refractivity contribution in [2.24, 2.45) is 7.05 Å². The molecule has 23 heavy (non-hydrogen) atoms. The van der Waals surface area contributed by atoms with Gasteiger partial charge in [0.2, 0.25) is 0 Å². The fourth-order valence-electron chi connectivity index (χ4n) is 2.61. The number of non-ortho nitro benzene ring substituents is 1. The molecule has 0 aliphatic rings. The Kier molecular flexibility index (Phi) is 3.80. The van der Waals surface area contributed by atoms with Crippen LogP contribution in [0.3, 0.4) is 0 Å². The average Bonchev–Trinajstić information content (AvgIpc) is 2.89. The van der Waals surface area contributed by atoms with E-state index in [-0.39, 0.29) is 17.4 Å². The first kappa shape index (κ1) is 14.8. The third kappa shape index (κ3) is 2.78. The molecule has 0 N–H and O–H groups in total. The van der Waals surface area contributed by atoms with Crippen molar-refractivity contribution in [2.45, 2.75) is 6.04 Å². The van der Waals surface area contributed by atoms with Gasteiger partial charge in [0.05, 0.1) is 11.0 Å². The second-order valence-corrected chi connectivity index (χ2v) is 5.26. The topological polar surface area (TPSA) is 70.1 Å². The number of hydrogen-bond donors (Lipinski definition) is 0. The van der Waals surface area contributed by atoms with Gasteiger partial charge in [0.1, 0.15) is 0 Å². The highest BCUT2D eigenvalue weighted by atomic mass is 16.6. The fourth-order valence-corrected chi connectivity index (χ4v) is 2.61. The standard InChI is InChI=1S/C17H15N3O3/c1-18-11-12-19(17(18)21)16(13-5-3-2-4-6-13)14-7-9-15(10-8-14)20(22)23/h2-12,16H,1H3. The Bertz CT molecular complexity index is 879. The molecule has 0 fully saturated rings. The number of nitro groups is 1. The summed E-state index contributed by atoms with van der Waals surface area (Å²) < 4.78 is 3.12. The van der Waals surface area contributed by atoms with Crippen LogP contribution in [0, 0.1) is 10.1 Å². The van der Waals surface area contributed by atoms with Crippen LogP contribution in [0.15, 0.2) is 71.8 Å². The maximum Gasteiger partial charge on any atom is 0.328 e. The van der Waals surface area contributed by atoms with E-state index in [0.717, 1.165) is 11.1 Å². The summed E-state index contributed by atoms with van der Waals surface area (Å²) in [4.78, 5) is 22.7. The van der Waals surface area contributed by atoms with Crippen LogP contribution in [-0.2, 0) is 7.05 Å². The van der Waals surface area contributed by atoms with Crippen molar-refractivity contribution >= 4 is 5.69 Å². The molecule has 3 aromatic rings. The van der Waals surface area contributed by atoms with Gasteiger partial charge in [-0.15, -0.1) is 0 Å². The Labute approximate surface area is 132 Å². The summed E-state index contributed by atoms with van der Waals surface area (Å²) in [6.45, 7) is 0. The van der Waals surface area contributed by atoms with Gasteiger partial charge in [0, 0.05) is 31.6 Å². The van der Waals surface area contributed by atoms with E-state index in [2.05, 4.69) is 0 Å². The highest BCUT2D eigenvalue weighted by molar-refractivity contribution is 5.39. The summed E-state index contributed by atoms with van der Waals surface area (Å²) in [7, 11) is 1.69. The zero-order valence-corrected chi connectivity index (χ0v) is 12.5. The van der Waals surface area contributed by atoms with E-state index >= 15 is 0 Å². The fraction of sp³-hybridized carbons (Fsp3) is 0.118. The van der Waals surface area contributed by atoms with Crippen LogP contribution in [0.25, 0.3) is 0 Å². The van der Waals surface area contributed by atoms with E-state index in [1.165, 1.54) is 16.7 Å². The molecule has 0 saturated heterocycles. The van der Waals surface area contributed by atoms with Crippen molar-refractivity contribution < 1.29 is 4.92 Å². The summed E-state index contributed by atoms with van der Waals surface area (Å²) in [6, 6.07) is 15.6. The largest absolute Gasteiger partial charge is 0.328 e. The number of hydrogen-bond acceptors (Lipinski definition) is 3. The Morgan fingerprint density at radius 3 is 2.09 bits per heavy atom. The molecule has 1 aromatic heterocycles. The molecular weight excluding hydrogens is 294 g/mol. The number of aryl methyl sites for hydroxylation is 1. The third-order valence-electron chi connectivity index (χ3n) is 3.79. The van der Waals surface area contributed by atoms with Crippen LogP contribution < -0.4 is 5.69 Å². The number of aromatic nitrogens is 2. The van der Waals surface area contributed by atoms with E-state index in [0.29, 0.717) is 0 Å². The minimum atomic E-state index is -0.435. The summed E-state index contributed by atoms with van der Waals surface area (Å²) in [6.07, 6.45) is 3.42. The molecule has 0 aliphatic carbocycles. The molecule has 3 rings (SSSR count). The maximum absolute atomic E-state index is 12.3. The maximum atomic E-state index is 12.3. The van der Waals surface area contributed by atoms with Crippen LogP contribution in [0.1, 0.15) is 17.2 Å². The number of nitro benzene ring substituents is 1. The molecule has 0 radical (unpaired) electrons. The Morgan fingerprint density at radius 1 is 0.957 bits per heavy atom. The predicted octanol–water partition coefficient (Wildman–Crippen LogP) is 2.73. The molecule has 1 heterocycles. The van der Waals surface area contributed by atoms with Crippen LogP contribution in [-0.4, -0.2) is 14.1 Å². The van der Waals surface area contributed by atoms with Crippen molar-refractivity contribution in [1.82, 2.24) is 9.13 Å². The second-order valence-electron chi connectivity index (χ2n) is 5.26. The molecule has 116 valence electrons. The molecule has 1 atom stereocenters. The lowest BCUT2D eigenvalue weighted by Gasteiger charge is -2.19. The number of imidazole rings is 1. The minimum absolute atomic E-state index is 0.0287. The minimum Gasteiger partial charge on any atom is -0.302 e. The van der Waals surface area contributed by atoms with Gasteiger partial charge < -0.3 is 4.57 Å². The molecular formula is C17H15N3O3. The summed E-state index contributed by atoms with van der Waals surface area (Å²) in [5.74, 6) is 0. The number of nitrogens with zero attached hydrogens (tertiary/aromatic N) is 3. The molecule has 0 saturated carbocycles. The van der Waals surface area contributed by atoms with Gasteiger partial charge >= 0.3 is 5.69 Å². The van der Waals surface area contributed by atoms with Gasteiger partial charge in [0.15, 0.2) is 0 Å². The smallest absolute Gasteiger partial charge is 0.302 e. The molecule has 0 spiro atoms. The van der Waals surface area contributed by atoms with E-state index < -0.39 is 4.92 Å². The lowest BCUT2D eigenvalue weighted by atomic mass is 9.98. The van der Waals surface area contributed by atoms with Gasteiger partial charge in [-0.25, -0.2) is 4.79 Å². The first-order valence-electron chi connectivity index (χ1n) is 7.10. The number of benzene rings is 2. The summed E-state index contributed by atoms with van der Waals surface area (Å²) in [5, 5.41) is 10.8. The first-order valence-corrected chi connectivity index (χ1v) is 7.10. The Hall–Kier alpha value is -3.15. The van der Waals surface area contributed by atoms with E-state index in [9.17, 15) is 14.9 Å². The third-order valence-corrected chi connectivity index (χ3v) is 3.79. The van der Waals surface area contributed by atoms with E-state index in [1.807, 2.05) is 30.3 Å². The van der Waals surface area contributed by atoms with Gasteiger partial charge in [-0.05, 0) is 23.3 Å². The zero-order valence-electron chi connectivity index (χ0n) is 12.5. The SMILES string of the molecule is Cn1ccn(C(c2ccccc2)c2ccc([N+](=O)[O-])cc2)c1=O. The molecule has 6 nitrogen and oxygen atoms in total. The van der Waals surface area contributed by atoms with Crippen LogP contribution in [0.2, 0.25) is 0 Å². The molecule has 0 aliphatic heterocycles. The first-order chi connectivity index (χ1) is 11.1. The lowest BCUT2D eigenvalue weighted by Crippen LogP contribution is -2.27. The van der Waals surface area contributed by atoms with Crippen LogP contribution in [0.4, 0.5) is 5.69 Å². The normalized spacial score (nSPS) is 12.0. The van der Waals surface area contributed by atoms with Crippen molar-refractivity contribution in [2.75, 3.05) is 0 Å². The van der Waals surface area contributed by atoms with Crippen molar-refractivity contribution in [3.63, 3.8) is 0 Å². The van der Waals surface area contributed by atoms with E-state index in [4.69, 9.17) is 0 Å². The summed E-state index contributed by atoms with van der Waals surface area (Å²) >= 11 is 0. The highest BCUT2D eigenvalue weighted by Crippen LogP contribution is 2.26. The van der Waals surface area contributed by atoms with Gasteiger partial charge in [-0.1, -0.05) is 30.3 Å². The Balaban J connectivity index is 2.14. The quantitative estimate of drug-likeness (QED) is 0.549. The van der Waals surface area contributed by atoms with E-state index in [1.54, 1.807) is 36.1 Å². The highest BCUT2D eigenvalue weighted by Gasteiger charge is 2.19. The monoisotopic (exact) mass is 309 g/mol. The molecule has 0 amide bonds. The average molecular weight is 309 g/mol. The Morgan fingerprint density at radius 2 is 1.57 bits per heavy atom. The second kappa shape index (κ2) is 5.92. The van der Waals surface area contributed by atoms with Crippen molar-refractivity contribution in [1.29, 1.82) is 0 Å². The zero-order chi connectivity index (χ0) is 16.4. The molecule has 6 heteroatoms. The molecule has 0 bridgehead atoms. The molecule has 2 aromatic carbocycles. The van der Waals surface area contributed by atoms with Gasteiger partial charge in [-0.3, -0.25) is 14.7 Å². The number of rotatable bonds is 4. The van der Waals surface area contributed by atoms with Crippen LogP contribution in [0.5, 0.6) is 0 Å². The van der Waals surface area contributed by atoms with Gasteiger partial charge in [-0.2, -0.15) is 0 Å². The lowest BCUT2D eigenvalue weighted by molar-refractivity contribution is -0.384. The molecule has 1 unspecified atom stereocenters.